The van der Waals surface area contributed by atoms with Crippen LogP contribution in [0.1, 0.15) is 26.3 Å². The number of carboxylic acid groups (broad SMARTS) is 1. The highest BCUT2D eigenvalue weighted by Gasteiger charge is 2.11. The van der Waals surface area contributed by atoms with E-state index in [-0.39, 0.29) is 28.5 Å². The third-order valence-electron chi connectivity index (χ3n) is 4.58. The zero-order valence-electron chi connectivity index (χ0n) is 17.4. The highest BCUT2D eigenvalue weighted by atomic mass is 32.2. The molecule has 168 valence electrons. The Bertz CT molecular complexity index is 1210. The second kappa shape index (κ2) is 10.4. The summed E-state index contributed by atoms with van der Waals surface area (Å²) in [5.74, 6) is -1.63. The molecule has 3 rings (SSSR count). The number of aromatic carboxylic acids is 1. The van der Waals surface area contributed by atoms with E-state index >= 15 is 0 Å². The number of aryl methyl sites for hydroxylation is 1. The SMILES string of the molecule is Cc1ccc(C(=O)O)cc1NC(=O)CSc1ccc(NC(=O)c2ccc([N+](=O)[O-])cc2)cc1. The largest absolute Gasteiger partial charge is 0.478 e. The van der Waals surface area contributed by atoms with Crippen molar-refractivity contribution in [2.24, 2.45) is 0 Å². The van der Waals surface area contributed by atoms with Crippen molar-refractivity contribution < 1.29 is 24.4 Å². The molecule has 0 aliphatic rings. The predicted octanol–water partition coefficient (Wildman–Crippen LogP) is 4.58. The molecule has 2 amide bonds. The van der Waals surface area contributed by atoms with Crippen LogP contribution in [0.5, 0.6) is 0 Å². The number of amides is 2. The summed E-state index contributed by atoms with van der Waals surface area (Å²) in [5.41, 5.74) is 2.03. The van der Waals surface area contributed by atoms with E-state index in [1.807, 2.05) is 0 Å². The lowest BCUT2D eigenvalue weighted by molar-refractivity contribution is -0.384. The maximum atomic E-state index is 12.3. The van der Waals surface area contributed by atoms with Crippen molar-refractivity contribution in [3.63, 3.8) is 0 Å². The van der Waals surface area contributed by atoms with E-state index in [1.165, 1.54) is 48.2 Å². The molecule has 0 saturated carbocycles. The third-order valence-corrected chi connectivity index (χ3v) is 5.59. The molecule has 33 heavy (non-hydrogen) atoms. The van der Waals surface area contributed by atoms with Crippen molar-refractivity contribution in [2.75, 3.05) is 16.4 Å². The van der Waals surface area contributed by atoms with Gasteiger partial charge in [0.25, 0.3) is 11.6 Å². The second-order valence-corrected chi connectivity index (χ2v) is 8.00. The van der Waals surface area contributed by atoms with E-state index in [0.717, 1.165) is 10.5 Å². The number of rotatable bonds is 8. The Balaban J connectivity index is 1.53. The van der Waals surface area contributed by atoms with E-state index in [4.69, 9.17) is 5.11 Å². The van der Waals surface area contributed by atoms with Gasteiger partial charge >= 0.3 is 5.97 Å². The minimum atomic E-state index is -1.07. The zero-order valence-corrected chi connectivity index (χ0v) is 18.2. The predicted molar refractivity (Wildman–Crippen MR) is 125 cm³/mol. The third kappa shape index (κ3) is 6.40. The highest BCUT2D eigenvalue weighted by molar-refractivity contribution is 8.00. The molecule has 0 spiro atoms. The number of thioether (sulfide) groups is 1. The molecule has 3 aromatic carbocycles. The number of carbonyl (C=O) groups is 3. The first-order valence-electron chi connectivity index (χ1n) is 9.65. The number of carbonyl (C=O) groups excluding carboxylic acids is 2. The molecule has 0 heterocycles. The summed E-state index contributed by atoms with van der Waals surface area (Å²) in [6.07, 6.45) is 0. The lowest BCUT2D eigenvalue weighted by Crippen LogP contribution is -2.15. The fourth-order valence-corrected chi connectivity index (χ4v) is 3.50. The summed E-state index contributed by atoms with van der Waals surface area (Å²) >= 11 is 1.29. The van der Waals surface area contributed by atoms with Gasteiger partial charge in [-0.05, 0) is 61.0 Å². The van der Waals surface area contributed by atoms with Crippen LogP contribution in [0.25, 0.3) is 0 Å². The lowest BCUT2D eigenvalue weighted by atomic mass is 10.1. The van der Waals surface area contributed by atoms with Crippen LogP contribution in [0, 0.1) is 17.0 Å². The van der Waals surface area contributed by atoms with E-state index in [1.54, 1.807) is 37.3 Å². The molecule has 3 aromatic rings. The topological polar surface area (TPSA) is 139 Å². The van der Waals surface area contributed by atoms with E-state index in [0.29, 0.717) is 11.4 Å². The quantitative estimate of drug-likeness (QED) is 0.251. The molecule has 0 saturated heterocycles. The van der Waals surface area contributed by atoms with Gasteiger partial charge in [0.15, 0.2) is 0 Å². The number of nitrogens with one attached hydrogen (secondary N) is 2. The van der Waals surface area contributed by atoms with Crippen molar-refractivity contribution in [2.45, 2.75) is 11.8 Å². The van der Waals surface area contributed by atoms with Gasteiger partial charge in [0.05, 0.1) is 16.2 Å². The van der Waals surface area contributed by atoms with Crippen molar-refractivity contribution in [3.8, 4) is 0 Å². The first kappa shape index (κ1) is 23.5. The van der Waals surface area contributed by atoms with Crippen molar-refractivity contribution in [1.82, 2.24) is 0 Å². The normalized spacial score (nSPS) is 10.3. The molecule has 0 unspecified atom stereocenters. The van der Waals surface area contributed by atoms with Crippen LogP contribution in [-0.4, -0.2) is 33.6 Å². The molecule has 0 aromatic heterocycles. The molecule has 0 atom stereocenters. The van der Waals surface area contributed by atoms with Gasteiger partial charge < -0.3 is 15.7 Å². The van der Waals surface area contributed by atoms with Crippen LogP contribution in [0.3, 0.4) is 0 Å². The monoisotopic (exact) mass is 465 g/mol. The Kier molecular flexibility index (Phi) is 7.42. The molecule has 3 N–H and O–H groups in total. The molecule has 0 radical (unpaired) electrons. The van der Waals surface area contributed by atoms with Crippen LogP contribution in [0.15, 0.2) is 71.6 Å². The molecule has 0 bridgehead atoms. The second-order valence-electron chi connectivity index (χ2n) is 6.95. The smallest absolute Gasteiger partial charge is 0.335 e. The van der Waals surface area contributed by atoms with Gasteiger partial charge in [-0.15, -0.1) is 11.8 Å². The first-order chi connectivity index (χ1) is 15.7. The van der Waals surface area contributed by atoms with Crippen molar-refractivity contribution in [3.05, 3.63) is 93.5 Å². The Morgan fingerprint density at radius 1 is 0.939 bits per heavy atom. The molecular formula is C23H19N3O6S. The van der Waals surface area contributed by atoms with Crippen LogP contribution in [0.2, 0.25) is 0 Å². The Morgan fingerprint density at radius 2 is 1.58 bits per heavy atom. The molecule has 0 fully saturated rings. The van der Waals surface area contributed by atoms with Crippen LogP contribution < -0.4 is 10.6 Å². The summed E-state index contributed by atoms with van der Waals surface area (Å²) in [7, 11) is 0. The van der Waals surface area contributed by atoms with Gasteiger partial charge in [0.1, 0.15) is 0 Å². The Hall–Kier alpha value is -4.18. The molecular weight excluding hydrogens is 446 g/mol. The van der Waals surface area contributed by atoms with Gasteiger partial charge in [0, 0.05) is 34.0 Å². The standard InChI is InChI=1S/C23H19N3O6S/c1-14-2-3-16(23(29)30)12-20(14)25-21(27)13-33-19-10-6-17(7-11-19)24-22(28)15-4-8-18(9-5-15)26(31)32/h2-12H,13H2,1H3,(H,24,28)(H,25,27)(H,29,30). The molecule has 10 heteroatoms. The number of hydrogen-bond acceptors (Lipinski definition) is 6. The number of nitro benzene ring substituents is 1. The minimum Gasteiger partial charge on any atom is -0.478 e. The van der Waals surface area contributed by atoms with Gasteiger partial charge in [0.2, 0.25) is 5.91 Å². The number of carboxylic acids is 1. The number of nitrogens with zero attached hydrogens (tertiary/aromatic N) is 1. The maximum absolute atomic E-state index is 12.3. The van der Waals surface area contributed by atoms with Gasteiger partial charge in [-0.2, -0.15) is 0 Å². The highest BCUT2D eigenvalue weighted by Crippen LogP contribution is 2.22. The number of hydrogen-bond donors (Lipinski definition) is 3. The minimum absolute atomic E-state index is 0.0925. The number of nitro groups is 1. The Morgan fingerprint density at radius 3 is 2.18 bits per heavy atom. The molecule has 0 aliphatic heterocycles. The van der Waals surface area contributed by atoms with Crippen molar-refractivity contribution >= 4 is 46.6 Å². The van der Waals surface area contributed by atoms with Gasteiger partial charge in [-0.1, -0.05) is 6.07 Å². The first-order valence-corrected chi connectivity index (χ1v) is 10.6. The van der Waals surface area contributed by atoms with E-state index < -0.39 is 16.8 Å². The van der Waals surface area contributed by atoms with E-state index in [9.17, 15) is 24.5 Å². The fourth-order valence-electron chi connectivity index (χ4n) is 2.80. The molecule has 0 aliphatic carbocycles. The zero-order chi connectivity index (χ0) is 24.0. The van der Waals surface area contributed by atoms with Crippen LogP contribution in [-0.2, 0) is 4.79 Å². The summed E-state index contributed by atoms with van der Waals surface area (Å²) in [5, 5.41) is 25.2. The summed E-state index contributed by atoms with van der Waals surface area (Å²) in [6.45, 7) is 1.78. The van der Waals surface area contributed by atoms with Crippen molar-refractivity contribution in [1.29, 1.82) is 0 Å². The number of benzene rings is 3. The summed E-state index contributed by atoms with van der Waals surface area (Å²) in [6, 6.07) is 16.7. The maximum Gasteiger partial charge on any atom is 0.335 e. The van der Waals surface area contributed by atoms with Crippen LogP contribution in [0.4, 0.5) is 17.1 Å². The Labute approximate surface area is 193 Å². The average molecular weight is 465 g/mol. The average Bonchev–Trinajstić information content (AvgIpc) is 2.80. The number of anilines is 2. The van der Waals surface area contributed by atoms with Gasteiger partial charge in [-0.3, -0.25) is 19.7 Å². The molecule has 9 nitrogen and oxygen atoms in total. The lowest BCUT2D eigenvalue weighted by Gasteiger charge is -2.10. The van der Waals surface area contributed by atoms with Crippen LogP contribution >= 0.6 is 11.8 Å². The summed E-state index contributed by atoms with van der Waals surface area (Å²) in [4.78, 5) is 46.6. The van der Waals surface area contributed by atoms with Gasteiger partial charge in [-0.25, -0.2) is 4.79 Å². The summed E-state index contributed by atoms with van der Waals surface area (Å²) < 4.78 is 0. The number of non-ortho nitro benzene ring substituents is 1. The van der Waals surface area contributed by atoms with E-state index in [2.05, 4.69) is 10.6 Å². The fraction of sp³-hybridized carbons (Fsp3) is 0.0870.